The summed E-state index contributed by atoms with van der Waals surface area (Å²) in [4.78, 5) is 41.5. The van der Waals surface area contributed by atoms with Gasteiger partial charge in [0.25, 0.3) is 0 Å². The van der Waals surface area contributed by atoms with Crippen molar-refractivity contribution in [1.29, 1.82) is 0 Å². The molecule has 9 nitrogen and oxygen atoms in total. The molecule has 37 heavy (non-hydrogen) atoms. The van der Waals surface area contributed by atoms with Crippen LogP contribution in [-0.2, 0) is 14.4 Å². The lowest BCUT2D eigenvalue weighted by Gasteiger charge is -2.34. The van der Waals surface area contributed by atoms with Crippen molar-refractivity contribution in [2.75, 3.05) is 17.3 Å². The van der Waals surface area contributed by atoms with Crippen molar-refractivity contribution in [3.05, 3.63) is 71.5 Å². The van der Waals surface area contributed by atoms with Gasteiger partial charge in [-0.15, -0.1) is 0 Å². The molecule has 0 saturated heterocycles. The Labute approximate surface area is 217 Å². The number of hydrogen-bond donors (Lipinski definition) is 2. The van der Waals surface area contributed by atoms with Gasteiger partial charge < -0.3 is 19.9 Å². The predicted molar refractivity (Wildman–Crippen MR) is 141 cm³/mol. The van der Waals surface area contributed by atoms with Crippen LogP contribution < -0.4 is 20.3 Å². The molecule has 0 spiro atoms. The Morgan fingerprint density at radius 2 is 1.70 bits per heavy atom. The second kappa shape index (κ2) is 11.7. The van der Waals surface area contributed by atoms with E-state index in [9.17, 15) is 14.4 Å². The standard InChI is InChI=1S/C28H34N4O5/c1-18-9-7-8-10-22(18)32(25(34)16-15-24(33)29-23-17-19(2)37-31-23)26(27(35)30-28(3,4)5)20-11-13-21(36-6)14-12-20/h7-14,17,26H,15-16H2,1-6H3,(H,30,35)(H,29,31,33)/t26-/m0/s1. The van der Waals surface area contributed by atoms with E-state index in [2.05, 4.69) is 15.8 Å². The molecule has 196 valence electrons. The van der Waals surface area contributed by atoms with Crippen LogP contribution in [0.25, 0.3) is 0 Å². The van der Waals surface area contributed by atoms with Gasteiger partial charge in [0, 0.05) is 30.1 Å². The molecule has 0 fully saturated rings. The Balaban J connectivity index is 1.97. The Morgan fingerprint density at radius 1 is 1.03 bits per heavy atom. The lowest BCUT2D eigenvalue weighted by Crippen LogP contribution is -2.49. The summed E-state index contributed by atoms with van der Waals surface area (Å²) < 4.78 is 10.2. The highest BCUT2D eigenvalue weighted by Gasteiger charge is 2.35. The SMILES string of the molecule is COc1ccc([C@@H](C(=O)NC(C)(C)C)N(C(=O)CCC(=O)Nc2cc(C)on2)c2ccccc2C)cc1. The second-order valence-electron chi connectivity index (χ2n) is 9.84. The normalized spacial score (nSPS) is 11.9. The number of hydrogen-bond acceptors (Lipinski definition) is 6. The number of benzene rings is 2. The molecule has 1 aromatic heterocycles. The molecule has 0 unspecified atom stereocenters. The second-order valence-corrected chi connectivity index (χ2v) is 9.84. The van der Waals surface area contributed by atoms with E-state index in [-0.39, 0.29) is 36.4 Å². The van der Waals surface area contributed by atoms with Crippen molar-refractivity contribution in [1.82, 2.24) is 10.5 Å². The molecule has 0 saturated carbocycles. The number of amides is 3. The number of anilines is 2. The Bertz CT molecular complexity index is 1240. The Hall–Kier alpha value is -4.14. The number of nitrogens with one attached hydrogen (secondary N) is 2. The van der Waals surface area contributed by atoms with E-state index < -0.39 is 11.6 Å². The van der Waals surface area contributed by atoms with Crippen molar-refractivity contribution in [2.24, 2.45) is 0 Å². The van der Waals surface area contributed by atoms with E-state index in [0.29, 0.717) is 22.8 Å². The van der Waals surface area contributed by atoms with Crippen molar-refractivity contribution in [2.45, 2.75) is 59.0 Å². The first-order valence-corrected chi connectivity index (χ1v) is 12.1. The molecular weight excluding hydrogens is 472 g/mol. The topological polar surface area (TPSA) is 114 Å². The molecule has 3 amide bonds. The first-order chi connectivity index (χ1) is 17.5. The maximum Gasteiger partial charge on any atom is 0.248 e. The van der Waals surface area contributed by atoms with E-state index in [0.717, 1.165) is 5.56 Å². The first-order valence-electron chi connectivity index (χ1n) is 12.1. The van der Waals surface area contributed by atoms with Crippen LogP contribution in [0.5, 0.6) is 5.75 Å². The van der Waals surface area contributed by atoms with Crippen LogP contribution in [0.1, 0.15) is 56.5 Å². The van der Waals surface area contributed by atoms with Gasteiger partial charge in [0.05, 0.1) is 7.11 Å². The molecule has 0 aliphatic rings. The summed E-state index contributed by atoms with van der Waals surface area (Å²) in [6, 6.07) is 15.0. The molecule has 0 aliphatic carbocycles. The smallest absolute Gasteiger partial charge is 0.248 e. The van der Waals surface area contributed by atoms with Crippen LogP contribution in [-0.4, -0.2) is 35.5 Å². The zero-order chi connectivity index (χ0) is 27.2. The summed E-state index contributed by atoms with van der Waals surface area (Å²) >= 11 is 0. The first kappa shape index (κ1) is 27.4. The molecule has 3 rings (SSSR count). The number of carbonyl (C=O) groups is 3. The van der Waals surface area contributed by atoms with Crippen LogP contribution in [0.2, 0.25) is 0 Å². The largest absolute Gasteiger partial charge is 0.497 e. The fraction of sp³-hybridized carbons (Fsp3) is 0.357. The van der Waals surface area contributed by atoms with Crippen molar-refractivity contribution in [3.8, 4) is 5.75 Å². The van der Waals surface area contributed by atoms with Crippen LogP contribution >= 0.6 is 0 Å². The summed E-state index contributed by atoms with van der Waals surface area (Å²) in [6.07, 6.45) is -0.213. The maximum absolute atomic E-state index is 13.8. The van der Waals surface area contributed by atoms with Crippen LogP contribution in [0.15, 0.2) is 59.1 Å². The van der Waals surface area contributed by atoms with Gasteiger partial charge in [0.2, 0.25) is 17.7 Å². The van der Waals surface area contributed by atoms with Gasteiger partial charge in [-0.2, -0.15) is 0 Å². The highest BCUT2D eigenvalue weighted by atomic mass is 16.5. The number of aromatic nitrogens is 1. The minimum Gasteiger partial charge on any atom is -0.497 e. The van der Waals surface area contributed by atoms with E-state index >= 15 is 0 Å². The van der Waals surface area contributed by atoms with Gasteiger partial charge in [-0.25, -0.2) is 0 Å². The molecule has 0 radical (unpaired) electrons. The molecule has 2 N–H and O–H groups in total. The van der Waals surface area contributed by atoms with Crippen LogP contribution in [0.4, 0.5) is 11.5 Å². The number of rotatable bonds is 9. The lowest BCUT2D eigenvalue weighted by atomic mass is 9.99. The summed E-state index contributed by atoms with van der Waals surface area (Å²) in [5, 5.41) is 9.39. The van der Waals surface area contributed by atoms with Crippen molar-refractivity contribution >= 4 is 29.2 Å². The van der Waals surface area contributed by atoms with E-state index in [1.165, 1.54) is 4.90 Å². The van der Waals surface area contributed by atoms with Gasteiger partial charge in [0.15, 0.2) is 5.82 Å². The van der Waals surface area contributed by atoms with Gasteiger partial charge in [-0.05, 0) is 63.9 Å². The molecule has 1 atom stereocenters. The van der Waals surface area contributed by atoms with E-state index in [4.69, 9.17) is 9.26 Å². The number of para-hydroxylation sites is 1. The number of carbonyl (C=O) groups excluding carboxylic acids is 3. The predicted octanol–water partition coefficient (Wildman–Crippen LogP) is 4.71. The number of aryl methyl sites for hydroxylation is 2. The molecule has 3 aromatic rings. The minimum absolute atomic E-state index is 0.0939. The third-order valence-corrected chi connectivity index (χ3v) is 5.54. The van der Waals surface area contributed by atoms with Gasteiger partial charge in [0.1, 0.15) is 17.6 Å². The summed E-state index contributed by atoms with van der Waals surface area (Å²) in [6.45, 7) is 9.24. The average molecular weight is 507 g/mol. The summed E-state index contributed by atoms with van der Waals surface area (Å²) in [5.74, 6) is 0.386. The third-order valence-electron chi connectivity index (χ3n) is 5.54. The fourth-order valence-corrected chi connectivity index (χ4v) is 3.86. The van der Waals surface area contributed by atoms with Crippen molar-refractivity contribution in [3.63, 3.8) is 0 Å². The summed E-state index contributed by atoms with van der Waals surface area (Å²) in [5.41, 5.74) is 1.49. The number of methoxy groups -OCH3 is 1. The highest BCUT2D eigenvalue weighted by Crippen LogP contribution is 2.32. The molecule has 0 bridgehead atoms. The molecule has 1 heterocycles. The zero-order valence-electron chi connectivity index (χ0n) is 22.1. The Morgan fingerprint density at radius 3 is 2.27 bits per heavy atom. The van der Waals surface area contributed by atoms with Gasteiger partial charge in [-0.1, -0.05) is 35.5 Å². The molecular formula is C28H34N4O5. The van der Waals surface area contributed by atoms with Crippen LogP contribution in [0, 0.1) is 13.8 Å². The summed E-state index contributed by atoms with van der Waals surface area (Å²) in [7, 11) is 1.56. The average Bonchev–Trinajstić information content (AvgIpc) is 3.24. The number of nitrogens with zero attached hydrogens (tertiary/aromatic N) is 2. The highest BCUT2D eigenvalue weighted by molar-refractivity contribution is 6.03. The fourth-order valence-electron chi connectivity index (χ4n) is 3.86. The molecule has 9 heteroatoms. The quantitative estimate of drug-likeness (QED) is 0.435. The minimum atomic E-state index is -0.972. The van der Waals surface area contributed by atoms with Crippen molar-refractivity contribution < 1.29 is 23.6 Å². The van der Waals surface area contributed by atoms with E-state index in [1.54, 1.807) is 50.4 Å². The number of ether oxygens (including phenoxy) is 1. The van der Waals surface area contributed by atoms with Gasteiger partial charge >= 0.3 is 0 Å². The maximum atomic E-state index is 13.8. The monoisotopic (exact) mass is 506 g/mol. The van der Waals surface area contributed by atoms with Gasteiger partial charge in [-0.3, -0.25) is 19.3 Å². The van der Waals surface area contributed by atoms with Crippen LogP contribution in [0.3, 0.4) is 0 Å². The zero-order valence-corrected chi connectivity index (χ0v) is 22.1. The Kier molecular flexibility index (Phi) is 8.70. The molecule has 2 aromatic carbocycles. The lowest BCUT2D eigenvalue weighted by molar-refractivity contribution is -0.128. The molecule has 0 aliphatic heterocycles. The third kappa shape index (κ3) is 7.42. The van der Waals surface area contributed by atoms with E-state index in [1.807, 2.05) is 45.9 Å².